The predicted molar refractivity (Wildman–Crippen MR) is 317 cm³/mol. The Morgan fingerprint density at radius 2 is 0.841 bits per heavy atom. The minimum atomic E-state index is -0.692. The first-order valence-corrected chi connectivity index (χ1v) is 25.4. The van der Waals surface area contributed by atoms with Gasteiger partial charge >= 0.3 is 17.9 Å². The van der Waals surface area contributed by atoms with E-state index in [9.17, 15) is 19.2 Å². The smallest absolute Gasteiger partial charge is 0.354 e. The number of aromatic nitrogens is 1. The quantitative estimate of drug-likeness (QED) is 0.0151. The van der Waals surface area contributed by atoms with E-state index < -0.39 is 11.9 Å². The van der Waals surface area contributed by atoms with Gasteiger partial charge in [0, 0.05) is 38.1 Å². The maximum atomic E-state index is 11.7. The molecule has 1 N–H and O–H groups in total. The molecule has 0 spiro atoms. The van der Waals surface area contributed by atoms with Crippen molar-refractivity contribution in [3.05, 3.63) is 270 Å². The largest absolute Gasteiger partial charge is 0.464 e. The van der Waals surface area contributed by atoms with E-state index in [4.69, 9.17) is 42.9 Å². The van der Waals surface area contributed by atoms with Crippen LogP contribution in [-0.2, 0) is 23.8 Å². The second kappa shape index (κ2) is 33.1. The molecule has 0 radical (unpaired) electrons. The molecule has 18 nitrogen and oxygen atoms in total. The fourth-order valence-corrected chi connectivity index (χ4v) is 7.00. The van der Waals surface area contributed by atoms with E-state index in [0.29, 0.717) is 41.5 Å². The van der Waals surface area contributed by atoms with E-state index in [1.54, 1.807) is 70.1 Å². The number of fused-ring (bicyclic) bond motifs is 1. The topological polar surface area (TPSA) is 262 Å². The average molecular weight is 1100 g/mol. The van der Waals surface area contributed by atoms with Crippen molar-refractivity contribution in [1.29, 1.82) is 0 Å². The number of carbonyl (C=O) groups is 4. The van der Waals surface area contributed by atoms with E-state index in [-0.39, 0.29) is 30.6 Å². The number of benzene rings is 4. The van der Waals surface area contributed by atoms with Gasteiger partial charge in [0.25, 0.3) is 0 Å². The van der Waals surface area contributed by atoms with Crippen molar-refractivity contribution in [2.45, 2.75) is 20.8 Å². The SMILES string of the molecule is CCOC(=O)/C(=C/c1cc(/C=C/c2ccccc2)co1)N=[N+]=[N-].CCOC(=O)/C(=C/c1cc(/C=C/c2ccccc2)co1)N=[N+]=[N-].CCOC(=O)c1cc2occ(/C=C/c3ccccc3)c2[nH]1.O=Cc1cc(/C=C/c2ccccc2)co1. The summed E-state index contributed by atoms with van der Waals surface area (Å²) in [6, 6.07) is 46.4. The van der Waals surface area contributed by atoms with E-state index >= 15 is 0 Å². The lowest BCUT2D eigenvalue weighted by Gasteiger charge is -1.99. The summed E-state index contributed by atoms with van der Waals surface area (Å²) in [6.07, 6.45) is 25.2. The molecule has 0 aliphatic heterocycles. The molecule has 0 saturated heterocycles. The monoisotopic (exact) mass is 1100 g/mol. The van der Waals surface area contributed by atoms with Crippen LogP contribution >= 0.6 is 0 Å². The summed E-state index contributed by atoms with van der Waals surface area (Å²) in [5.41, 5.74) is 26.3. The highest BCUT2D eigenvalue weighted by molar-refractivity contribution is 5.97. The van der Waals surface area contributed by atoms with Gasteiger partial charge in [0.15, 0.2) is 17.6 Å². The molecule has 0 unspecified atom stereocenters. The zero-order valence-corrected chi connectivity index (χ0v) is 44.8. The van der Waals surface area contributed by atoms with Gasteiger partial charge in [0.2, 0.25) is 0 Å². The Kier molecular flexibility index (Phi) is 24.2. The van der Waals surface area contributed by atoms with Gasteiger partial charge in [-0.05, 0) is 90.5 Å². The number of hydrogen-bond acceptors (Lipinski definition) is 13. The third-order valence-electron chi connectivity index (χ3n) is 10.8. The molecule has 0 aliphatic rings. The number of carbonyl (C=O) groups excluding carboxylic acids is 4. The molecule has 0 saturated carbocycles. The average Bonchev–Trinajstić information content (AvgIpc) is 4.56. The number of nitrogens with zero attached hydrogens (tertiary/aromatic N) is 6. The van der Waals surface area contributed by atoms with E-state index in [1.807, 2.05) is 170 Å². The number of furan rings is 4. The molecule has 0 fully saturated rings. The van der Waals surface area contributed by atoms with Crippen LogP contribution in [0.25, 0.3) is 92.7 Å². The first kappa shape index (κ1) is 59.9. The molecule has 0 aliphatic carbocycles. The summed E-state index contributed by atoms with van der Waals surface area (Å²) in [7, 11) is 0. The Morgan fingerprint density at radius 1 is 0.476 bits per heavy atom. The summed E-state index contributed by atoms with van der Waals surface area (Å²) < 4.78 is 35.7. The van der Waals surface area contributed by atoms with Gasteiger partial charge in [-0.25, -0.2) is 14.4 Å². The van der Waals surface area contributed by atoms with Gasteiger partial charge in [-0.1, -0.05) is 174 Å². The van der Waals surface area contributed by atoms with E-state index in [1.165, 1.54) is 12.2 Å². The Hall–Kier alpha value is -11.3. The number of esters is 3. The van der Waals surface area contributed by atoms with Crippen molar-refractivity contribution in [2.75, 3.05) is 19.8 Å². The standard InChI is InChI=1S/2C17H15N3O3.C17H15NO3.C13H10O2/c2*1-2-22-17(21)16(19-20-18)11-15-10-14(12-23-15)9-8-13-6-4-3-5-7-13;1-2-20-17(19)14-10-15-16(18-14)13(11-21-15)9-8-12-6-4-3-5-7-12;14-9-13-8-12(10-15-13)7-6-11-4-2-1-3-5-11/h2*3-12H,2H2,1H3;3-11,18H,2H2,1H3;1-10H/b2*9-8+,16-11-;9-8+;7-6+. The lowest BCUT2D eigenvalue weighted by atomic mass is 10.2. The molecular weight excluding hydrogens is 1040 g/mol. The zero-order chi connectivity index (χ0) is 58.2. The minimum absolute atomic E-state index is 0.151. The molecule has 412 valence electrons. The van der Waals surface area contributed by atoms with E-state index in [2.05, 4.69) is 25.0 Å². The third kappa shape index (κ3) is 19.9. The zero-order valence-electron chi connectivity index (χ0n) is 44.8. The number of hydrogen-bond donors (Lipinski definition) is 1. The highest BCUT2D eigenvalue weighted by Gasteiger charge is 2.15. The van der Waals surface area contributed by atoms with Crippen molar-refractivity contribution >= 4 is 96.1 Å². The summed E-state index contributed by atoms with van der Waals surface area (Å²) >= 11 is 0. The Balaban J connectivity index is 0.000000178. The second-order valence-corrected chi connectivity index (χ2v) is 16.7. The van der Waals surface area contributed by atoms with Crippen LogP contribution in [0.4, 0.5) is 0 Å². The molecule has 0 bridgehead atoms. The first-order chi connectivity index (χ1) is 40.1. The van der Waals surface area contributed by atoms with E-state index in [0.717, 1.165) is 50.0 Å². The highest BCUT2D eigenvalue weighted by atomic mass is 16.5. The van der Waals surface area contributed by atoms with Gasteiger partial charge in [0.1, 0.15) is 34.9 Å². The predicted octanol–water partition coefficient (Wildman–Crippen LogP) is 16.7. The summed E-state index contributed by atoms with van der Waals surface area (Å²) in [4.78, 5) is 53.6. The van der Waals surface area contributed by atoms with Crippen molar-refractivity contribution in [3.8, 4) is 0 Å². The number of aromatic amines is 1. The summed E-state index contributed by atoms with van der Waals surface area (Å²) in [5, 5.41) is 6.66. The lowest BCUT2D eigenvalue weighted by Crippen LogP contribution is -2.05. The van der Waals surface area contributed by atoms with Gasteiger partial charge in [-0.2, -0.15) is 0 Å². The van der Waals surface area contributed by atoms with Gasteiger partial charge in [-0.15, -0.1) is 0 Å². The molecule has 0 amide bonds. The first-order valence-electron chi connectivity index (χ1n) is 25.4. The number of nitrogens with one attached hydrogen (secondary N) is 1. The third-order valence-corrected chi connectivity index (χ3v) is 10.8. The van der Waals surface area contributed by atoms with Crippen LogP contribution in [0.2, 0.25) is 0 Å². The van der Waals surface area contributed by atoms with Crippen LogP contribution in [-0.4, -0.2) is 49.0 Å². The Bertz CT molecular complexity index is 3640. The molecule has 9 aromatic rings. The van der Waals surface area contributed by atoms with Crippen molar-refractivity contribution in [2.24, 2.45) is 10.2 Å². The number of azide groups is 2. The molecular formula is C64H55N7O11. The van der Waals surface area contributed by atoms with Crippen molar-refractivity contribution < 1.29 is 51.1 Å². The Labute approximate surface area is 471 Å². The number of H-pyrrole nitrogens is 1. The molecule has 18 heteroatoms. The maximum Gasteiger partial charge on any atom is 0.354 e. The van der Waals surface area contributed by atoms with Crippen molar-refractivity contribution in [3.63, 3.8) is 0 Å². The Morgan fingerprint density at radius 3 is 1.21 bits per heavy atom. The van der Waals surface area contributed by atoms with Gasteiger partial charge in [0.05, 0.1) is 44.1 Å². The number of aldehydes is 1. The van der Waals surface area contributed by atoms with Crippen LogP contribution in [0.1, 0.15) is 97.8 Å². The summed E-state index contributed by atoms with van der Waals surface area (Å²) in [6.45, 7) is 5.86. The van der Waals surface area contributed by atoms with Gasteiger partial charge < -0.3 is 36.9 Å². The van der Waals surface area contributed by atoms with Crippen LogP contribution in [0.3, 0.4) is 0 Å². The molecule has 82 heavy (non-hydrogen) atoms. The second-order valence-electron chi connectivity index (χ2n) is 16.7. The minimum Gasteiger partial charge on any atom is -0.464 e. The number of ether oxygens (including phenoxy) is 3. The highest BCUT2D eigenvalue weighted by Crippen LogP contribution is 2.25. The fourth-order valence-electron chi connectivity index (χ4n) is 7.00. The van der Waals surface area contributed by atoms with Crippen LogP contribution in [0, 0.1) is 0 Å². The fraction of sp³-hybridized carbons (Fsp3) is 0.0938. The van der Waals surface area contributed by atoms with Crippen molar-refractivity contribution in [1.82, 2.24) is 4.98 Å². The molecule has 0 atom stereocenters. The number of rotatable bonds is 19. The normalized spacial score (nSPS) is 11.2. The molecule has 5 aromatic heterocycles. The van der Waals surface area contributed by atoms with Crippen LogP contribution in [0.5, 0.6) is 0 Å². The molecule has 5 heterocycles. The van der Waals surface area contributed by atoms with Crippen LogP contribution in [0.15, 0.2) is 210 Å². The maximum absolute atomic E-state index is 11.7. The van der Waals surface area contributed by atoms with Crippen LogP contribution < -0.4 is 0 Å². The summed E-state index contributed by atoms with van der Waals surface area (Å²) in [5.74, 6) is -0.614. The van der Waals surface area contributed by atoms with Gasteiger partial charge in [-0.3, -0.25) is 4.79 Å². The molecule has 9 rings (SSSR count). The lowest BCUT2D eigenvalue weighted by molar-refractivity contribution is -0.139. The molecule has 4 aromatic carbocycles.